The molecule has 0 saturated carbocycles. The van der Waals surface area contributed by atoms with Gasteiger partial charge in [0.05, 0.1) is 23.3 Å². The molecule has 0 fully saturated rings. The molecule has 0 amide bonds. The van der Waals surface area contributed by atoms with Crippen LogP contribution in [-0.2, 0) is 0 Å². The maximum atomic E-state index is 5.23. The average Bonchev–Trinajstić information content (AvgIpc) is 2.82. The molecule has 4 heteroatoms. The lowest BCUT2D eigenvalue weighted by molar-refractivity contribution is 0.412. The number of hydrogen-bond acceptors (Lipinski definition) is 2. The van der Waals surface area contributed by atoms with Gasteiger partial charge in [0, 0.05) is 11.8 Å². The number of fused-ring (bicyclic) bond motifs is 1. The number of nitrogens with zero attached hydrogens (tertiary/aromatic N) is 2. The molecule has 0 aliphatic carbocycles. The second-order valence-corrected chi connectivity index (χ2v) is 4.78. The quantitative estimate of drug-likeness (QED) is 0.720. The minimum absolute atomic E-state index is 0.819. The van der Waals surface area contributed by atoms with Crippen molar-refractivity contribution in [1.82, 2.24) is 9.38 Å². The van der Waals surface area contributed by atoms with E-state index < -0.39 is 0 Å². The van der Waals surface area contributed by atoms with Gasteiger partial charge in [0.2, 0.25) is 0 Å². The van der Waals surface area contributed by atoms with Crippen LogP contribution in [0.25, 0.3) is 16.9 Å². The van der Waals surface area contributed by atoms with Crippen molar-refractivity contribution in [2.45, 2.75) is 0 Å². The molecule has 0 bridgehead atoms. The standard InChI is InChI=1S/C14H11BrN2O/c1-18-13-6-5-10(8-12(13)15)14-16-9-11-4-2-3-7-17(11)14/h2-9H,1H3. The van der Waals surface area contributed by atoms with E-state index in [1.807, 2.05) is 48.8 Å². The monoisotopic (exact) mass is 302 g/mol. The van der Waals surface area contributed by atoms with Crippen molar-refractivity contribution in [2.75, 3.05) is 7.11 Å². The lowest BCUT2D eigenvalue weighted by atomic mass is 10.2. The molecule has 0 unspecified atom stereocenters. The summed E-state index contributed by atoms with van der Waals surface area (Å²) >= 11 is 3.49. The molecule has 0 saturated heterocycles. The summed E-state index contributed by atoms with van der Waals surface area (Å²) < 4.78 is 8.22. The van der Waals surface area contributed by atoms with Gasteiger partial charge in [-0.15, -0.1) is 0 Å². The van der Waals surface area contributed by atoms with Gasteiger partial charge < -0.3 is 4.74 Å². The summed E-state index contributed by atoms with van der Waals surface area (Å²) in [5.41, 5.74) is 2.13. The highest BCUT2D eigenvalue weighted by molar-refractivity contribution is 9.10. The molecule has 3 nitrogen and oxygen atoms in total. The SMILES string of the molecule is COc1ccc(-c2ncc3ccccn23)cc1Br. The highest BCUT2D eigenvalue weighted by Crippen LogP contribution is 2.30. The third-order valence-electron chi connectivity index (χ3n) is 2.85. The first-order chi connectivity index (χ1) is 8.79. The second kappa shape index (κ2) is 4.46. The Bertz CT molecular complexity index is 706. The molecule has 1 aromatic carbocycles. The van der Waals surface area contributed by atoms with Crippen molar-refractivity contribution in [3.63, 3.8) is 0 Å². The van der Waals surface area contributed by atoms with Crippen LogP contribution in [0.3, 0.4) is 0 Å². The first-order valence-corrected chi connectivity index (χ1v) is 6.35. The number of methoxy groups -OCH3 is 1. The van der Waals surface area contributed by atoms with E-state index in [4.69, 9.17) is 4.74 Å². The molecule has 2 aromatic heterocycles. The van der Waals surface area contributed by atoms with Crippen LogP contribution in [0.1, 0.15) is 0 Å². The number of aromatic nitrogens is 2. The molecule has 90 valence electrons. The van der Waals surface area contributed by atoms with Crippen LogP contribution >= 0.6 is 15.9 Å². The lowest BCUT2D eigenvalue weighted by Crippen LogP contribution is -1.90. The minimum Gasteiger partial charge on any atom is -0.496 e. The van der Waals surface area contributed by atoms with Crippen molar-refractivity contribution in [3.8, 4) is 17.1 Å². The molecule has 0 radical (unpaired) electrons. The van der Waals surface area contributed by atoms with Crippen molar-refractivity contribution in [1.29, 1.82) is 0 Å². The number of imidazole rings is 1. The summed E-state index contributed by atoms with van der Waals surface area (Å²) in [4.78, 5) is 4.46. The molecule has 18 heavy (non-hydrogen) atoms. The van der Waals surface area contributed by atoms with Crippen LogP contribution in [0.2, 0.25) is 0 Å². The van der Waals surface area contributed by atoms with E-state index in [-0.39, 0.29) is 0 Å². The highest BCUT2D eigenvalue weighted by Gasteiger charge is 2.08. The van der Waals surface area contributed by atoms with Crippen molar-refractivity contribution in [3.05, 3.63) is 53.3 Å². The van der Waals surface area contributed by atoms with Crippen LogP contribution in [0.4, 0.5) is 0 Å². The maximum Gasteiger partial charge on any atom is 0.144 e. The van der Waals surface area contributed by atoms with E-state index in [0.29, 0.717) is 0 Å². The molecule has 3 aromatic rings. The van der Waals surface area contributed by atoms with Crippen molar-refractivity contribution >= 4 is 21.4 Å². The Morgan fingerprint density at radius 1 is 1.22 bits per heavy atom. The largest absolute Gasteiger partial charge is 0.496 e. The Balaban J connectivity index is 2.17. The average molecular weight is 303 g/mol. The van der Waals surface area contributed by atoms with E-state index in [2.05, 4.69) is 25.3 Å². The number of benzene rings is 1. The van der Waals surface area contributed by atoms with E-state index >= 15 is 0 Å². The zero-order valence-electron chi connectivity index (χ0n) is 9.80. The third kappa shape index (κ3) is 1.78. The Hall–Kier alpha value is -1.81. The Kier molecular flexibility index (Phi) is 2.80. The number of hydrogen-bond donors (Lipinski definition) is 0. The zero-order valence-corrected chi connectivity index (χ0v) is 11.4. The predicted octanol–water partition coefficient (Wildman–Crippen LogP) is 3.77. The van der Waals surface area contributed by atoms with E-state index in [9.17, 15) is 0 Å². The summed E-state index contributed by atoms with van der Waals surface area (Å²) in [6.45, 7) is 0. The second-order valence-electron chi connectivity index (χ2n) is 3.93. The fourth-order valence-corrected chi connectivity index (χ4v) is 2.50. The molecule has 0 atom stereocenters. The maximum absolute atomic E-state index is 5.23. The predicted molar refractivity (Wildman–Crippen MR) is 74.9 cm³/mol. The van der Waals surface area contributed by atoms with Gasteiger partial charge >= 0.3 is 0 Å². The lowest BCUT2D eigenvalue weighted by Gasteiger charge is -2.06. The number of rotatable bonds is 2. The van der Waals surface area contributed by atoms with Gasteiger partial charge in [-0.05, 0) is 46.3 Å². The first kappa shape index (κ1) is 11.3. The zero-order chi connectivity index (χ0) is 12.5. The van der Waals surface area contributed by atoms with Gasteiger partial charge in [-0.1, -0.05) is 6.07 Å². The normalized spacial score (nSPS) is 10.8. The number of halogens is 1. The third-order valence-corrected chi connectivity index (χ3v) is 3.47. The topological polar surface area (TPSA) is 26.5 Å². The number of ether oxygens (including phenoxy) is 1. The van der Waals surface area contributed by atoms with Gasteiger partial charge in [0.15, 0.2) is 0 Å². The molecule has 3 rings (SSSR count). The van der Waals surface area contributed by atoms with Crippen LogP contribution in [-0.4, -0.2) is 16.5 Å². The van der Waals surface area contributed by atoms with Crippen molar-refractivity contribution < 1.29 is 4.74 Å². The summed E-state index contributed by atoms with van der Waals surface area (Å²) in [6.07, 6.45) is 3.88. The van der Waals surface area contributed by atoms with Gasteiger partial charge in [0.1, 0.15) is 11.6 Å². The Morgan fingerprint density at radius 2 is 2.11 bits per heavy atom. The Labute approximate surface area is 113 Å². The fourth-order valence-electron chi connectivity index (χ4n) is 1.96. The van der Waals surface area contributed by atoms with E-state index in [0.717, 1.165) is 27.1 Å². The fraction of sp³-hybridized carbons (Fsp3) is 0.0714. The van der Waals surface area contributed by atoms with Gasteiger partial charge in [-0.2, -0.15) is 0 Å². The van der Waals surface area contributed by atoms with Crippen LogP contribution in [0.15, 0.2) is 53.3 Å². The molecule has 0 aliphatic rings. The van der Waals surface area contributed by atoms with Crippen molar-refractivity contribution in [2.24, 2.45) is 0 Å². The summed E-state index contributed by atoms with van der Waals surface area (Å²) in [5, 5.41) is 0. The minimum atomic E-state index is 0.819. The molecule has 0 spiro atoms. The highest BCUT2D eigenvalue weighted by atomic mass is 79.9. The van der Waals surface area contributed by atoms with Gasteiger partial charge in [0.25, 0.3) is 0 Å². The summed E-state index contributed by atoms with van der Waals surface area (Å²) in [5.74, 6) is 1.74. The summed E-state index contributed by atoms with van der Waals surface area (Å²) in [7, 11) is 1.66. The van der Waals surface area contributed by atoms with Crippen LogP contribution in [0.5, 0.6) is 5.75 Å². The van der Waals surface area contributed by atoms with Crippen LogP contribution < -0.4 is 4.74 Å². The number of pyridine rings is 1. The van der Waals surface area contributed by atoms with Crippen LogP contribution in [0, 0.1) is 0 Å². The van der Waals surface area contributed by atoms with Gasteiger partial charge in [-0.3, -0.25) is 4.40 Å². The van der Waals surface area contributed by atoms with E-state index in [1.54, 1.807) is 7.11 Å². The summed E-state index contributed by atoms with van der Waals surface area (Å²) in [6, 6.07) is 12.0. The molecular formula is C14H11BrN2O. The molecular weight excluding hydrogens is 292 g/mol. The first-order valence-electron chi connectivity index (χ1n) is 5.55. The van der Waals surface area contributed by atoms with Gasteiger partial charge in [-0.25, -0.2) is 4.98 Å². The molecule has 0 aliphatic heterocycles. The smallest absolute Gasteiger partial charge is 0.144 e. The Morgan fingerprint density at radius 3 is 2.89 bits per heavy atom. The molecule has 2 heterocycles. The molecule has 0 N–H and O–H groups in total. The van der Waals surface area contributed by atoms with E-state index in [1.165, 1.54) is 0 Å².